The highest BCUT2D eigenvalue weighted by Crippen LogP contribution is 2.01. The van der Waals surface area contributed by atoms with Crippen LogP contribution < -0.4 is 0 Å². The van der Waals surface area contributed by atoms with Crippen LogP contribution in [0.3, 0.4) is 0 Å². The Morgan fingerprint density at radius 3 is 0.158 bits per heavy atom. The van der Waals surface area contributed by atoms with Crippen LogP contribution in [0.2, 0.25) is 0 Å². The van der Waals surface area contributed by atoms with Crippen LogP contribution in [0.1, 0.15) is 559 Å². The molecule has 0 saturated heterocycles. The minimum atomic E-state index is -0.211. The molecule has 0 saturated carbocycles. The molecule has 18 heteroatoms. The Bertz CT molecular complexity index is 1200. The summed E-state index contributed by atoms with van der Waals surface area (Å²) in [6.45, 7) is 82.0. The number of rotatable bonds is 42. The van der Waals surface area contributed by atoms with E-state index in [1.807, 2.05) is 0 Å². The van der Waals surface area contributed by atoms with Crippen LogP contribution in [0.25, 0.3) is 0 Å². The number of esters is 9. The second-order valence-corrected chi connectivity index (χ2v) is 27.1. The van der Waals surface area contributed by atoms with E-state index in [0.29, 0.717) is 59.5 Å². The minimum Gasteiger partial charge on any atom is -0.466 e. The Morgan fingerprint density at radius 1 is 0.108 bits per heavy atom. The number of hydrogen-bond donors (Lipinski definition) is 0. The Balaban J connectivity index is -0.0000000487. The number of hydrogen-bond acceptors (Lipinski definition) is 18. The molecule has 0 radical (unpaired) electrons. The van der Waals surface area contributed by atoms with Crippen LogP contribution in [0.15, 0.2) is 0 Å². The largest absolute Gasteiger partial charge is 0.466 e. The molecule has 0 aromatic rings. The van der Waals surface area contributed by atoms with E-state index in [2.05, 4.69) is 195 Å². The van der Waals surface area contributed by atoms with E-state index in [1.54, 1.807) is 62.3 Å². The zero-order chi connectivity index (χ0) is 98.0. The molecule has 0 rings (SSSR count). The van der Waals surface area contributed by atoms with Gasteiger partial charge in [-0.3, -0.25) is 43.2 Å². The summed E-state index contributed by atoms with van der Waals surface area (Å²) < 4.78 is 39.6. The molecule has 0 atom stereocenters. The highest BCUT2D eigenvalue weighted by molar-refractivity contribution is 5.68. The van der Waals surface area contributed by atoms with Gasteiger partial charge in [-0.2, -0.15) is 0 Å². The van der Waals surface area contributed by atoms with Gasteiger partial charge in [0.15, 0.2) is 0 Å². The molecule has 0 heterocycles. The van der Waals surface area contributed by atoms with Crippen molar-refractivity contribution in [2.75, 3.05) is 59.5 Å². The van der Waals surface area contributed by atoms with Crippen molar-refractivity contribution >= 4 is 53.7 Å². The summed E-state index contributed by atoms with van der Waals surface area (Å²) in [5, 5.41) is 0. The first kappa shape index (κ1) is 166. The van der Waals surface area contributed by atoms with Gasteiger partial charge in [0.1, 0.15) is 0 Å². The van der Waals surface area contributed by atoms with E-state index in [-0.39, 0.29) is 53.7 Å². The molecular formula is C102H226O18. The fourth-order valence-corrected chi connectivity index (χ4v) is 7.33. The fraction of sp³-hybridized carbons (Fsp3) is 0.912. The number of carbonyl (C=O) groups is 9. The maximum absolute atomic E-state index is 9.82. The standard InChI is InChI=1S/11C6H14.9C4H8O2/c11*1-3-5-6-4-2;9*1-3-6-4(2)5/h11*3-6H2,1-2H3;9*3H2,1-2H3. The molecule has 0 aromatic heterocycles. The van der Waals surface area contributed by atoms with Gasteiger partial charge in [-0.15, -0.1) is 0 Å². The average molecular weight is 1740 g/mol. The third-order valence-corrected chi connectivity index (χ3v) is 13.7. The molecule has 0 spiro atoms. The first-order chi connectivity index (χ1) is 57.0. The summed E-state index contributed by atoms with van der Waals surface area (Å²) >= 11 is 0. The van der Waals surface area contributed by atoms with Crippen LogP contribution in [-0.2, 0) is 85.8 Å². The highest BCUT2D eigenvalue weighted by atomic mass is 16.6. The van der Waals surface area contributed by atoms with Crippen molar-refractivity contribution in [3.05, 3.63) is 0 Å². The van der Waals surface area contributed by atoms with Crippen molar-refractivity contribution in [1.29, 1.82) is 0 Å². The van der Waals surface area contributed by atoms with Gasteiger partial charge in [0.05, 0.1) is 59.5 Å². The lowest BCUT2D eigenvalue weighted by Gasteiger charge is -1.89. The molecule has 0 unspecified atom stereocenters. The fourth-order valence-electron chi connectivity index (χ4n) is 7.33. The Labute approximate surface area is 754 Å². The summed E-state index contributed by atoms with van der Waals surface area (Å²) in [5.74, 6) is -1.90. The number of carbonyl (C=O) groups excluding carboxylic acids is 9. The van der Waals surface area contributed by atoms with Gasteiger partial charge in [-0.25, -0.2) is 0 Å². The Kier molecular flexibility index (Phi) is 285. The molecule has 0 fully saturated rings. The second-order valence-electron chi connectivity index (χ2n) is 27.1. The molecule has 0 amide bonds. The third-order valence-electron chi connectivity index (χ3n) is 13.7. The highest BCUT2D eigenvalue weighted by Gasteiger charge is 1.89. The van der Waals surface area contributed by atoms with Crippen molar-refractivity contribution in [1.82, 2.24) is 0 Å². The molecule has 742 valence electrons. The summed E-state index contributed by atoms with van der Waals surface area (Å²) in [6, 6.07) is 0. The first-order valence-electron chi connectivity index (χ1n) is 49.2. The van der Waals surface area contributed by atoms with E-state index in [1.165, 1.54) is 345 Å². The maximum atomic E-state index is 9.82. The maximum Gasteiger partial charge on any atom is 0.302 e. The summed E-state index contributed by atoms with van der Waals surface area (Å²) in [6.07, 6.45) is 60.9. The van der Waals surface area contributed by atoms with Gasteiger partial charge in [-0.05, 0) is 62.3 Å². The SMILES string of the molecule is CCCCCC.CCCCCC.CCCCCC.CCCCCC.CCCCCC.CCCCCC.CCCCCC.CCCCCC.CCCCCC.CCCCCC.CCCCCC.CCOC(C)=O.CCOC(C)=O.CCOC(C)=O.CCOC(C)=O.CCOC(C)=O.CCOC(C)=O.CCOC(C)=O.CCOC(C)=O.CCOC(C)=O. The third kappa shape index (κ3) is 468. The van der Waals surface area contributed by atoms with Gasteiger partial charge in [0, 0.05) is 62.3 Å². The van der Waals surface area contributed by atoms with E-state index in [9.17, 15) is 43.2 Å². The molecule has 0 bridgehead atoms. The Morgan fingerprint density at radius 2 is 0.150 bits per heavy atom. The monoisotopic (exact) mass is 1740 g/mol. The molecular weight excluding hydrogens is 1510 g/mol. The van der Waals surface area contributed by atoms with Crippen LogP contribution in [0.5, 0.6) is 0 Å². The van der Waals surface area contributed by atoms with Crippen LogP contribution in [0, 0.1) is 0 Å². The smallest absolute Gasteiger partial charge is 0.302 e. The van der Waals surface area contributed by atoms with Crippen LogP contribution in [-0.4, -0.2) is 113 Å². The van der Waals surface area contributed by atoms with E-state index < -0.39 is 0 Å². The van der Waals surface area contributed by atoms with E-state index in [0.717, 1.165) is 0 Å². The van der Waals surface area contributed by atoms with Crippen LogP contribution in [0.4, 0.5) is 0 Å². The lowest BCUT2D eigenvalue weighted by Crippen LogP contribution is -1.95. The van der Waals surface area contributed by atoms with Crippen molar-refractivity contribution in [3.63, 3.8) is 0 Å². The molecule has 18 nitrogen and oxygen atoms in total. The molecule has 0 N–H and O–H groups in total. The Hall–Kier alpha value is -4.77. The number of ether oxygens (including phenoxy) is 9. The van der Waals surface area contributed by atoms with Crippen molar-refractivity contribution in [2.24, 2.45) is 0 Å². The van der Waals surface area contributed by atoms with E-state index >= 15 is 0 Å². The molecule has 0 aliphatic heterocycles. The quantitative estimate of drug-likeness (QED) is 0.0314. The summed E-state index contributed by atoms with van der Waals surface area (Å²) in [5.41, 5.74) is 0. The number of unbranched alkanes of at least 4 members (excludes halogenated alkanes) is 33. The van der Waals surface area contributed by atoms with E-state index in [4.69, 9.17) is 0 Å². The minimum absolute atomic E-state index is 0.211. The second kappa shape index (κ2) is 206. The van der Waals surface area contributed by atoms with Gasteiger partial charge in [0.25, 0.3) is 0 Å². The molecule has 120 heavy (non-hydrogen) atoms. The average Bonchev–Trinajstić information content (AvgIpc) is 1.58. The van der Waals surface area contributed by atoms with Gasteiger partial charge in [0.2, 0.25) is 0 Å². The zero-order valence-corrected chi connectivity index (χ0v) is 89.3. The predicted octanol–water partition coefficient (Wildman–Crippen LogP) is 33.6. The van der Waals surface area contributed by atoms with Gasteiger partial charge in [-0.1, -0.05) is 435 Å². The van der Waals surface area contributed by atoms with Crippen molar-refractivity contribution < 1.29 is 85.8 Å². The topological polar surface area (TPSA) is 237 Å². The summed E-state index contributed by atoms with van der Waals surface area (Å²) in [7, 11) is 0. The van der Waals surface area contributed by atoms with Crippen LogP contribution >= 0.6 is 0 Å². The predicted molar refractivity (Wildman–Crippen MR) is 529 cm³/mol. The van der Waals surface area contributed by atoms with Crippen molar-refractivity contribution in [3.8, 4) is 0 Å². The normalized spacial score (nSPS) is 8.40. The molecule has 0 aliphatic carbocycles. The first-order valence-corrected chi connectivity index (χ1v) is 49.2. The molecule has 0 aliphatic rings. The lowest BCUT2D eigenvalue weighted by atomic mass is 10.2. The molecule has 0 aromatic carbocycles. The van der Waals surface area contributed by atoms with Gasteiger partial charge < -0.3 is 42.6 Å². The van der Waals surface area contributed by atoms with Gasteiger partial charge >= 0.3 is 53.7 Å². The van der Waals surface area contributed by atoms with Crippen molar-refractivity contribution in [2.45, 2.75) is 559 Å². The summed E-state index contributed by atoms with van der Waals surface area (Å²) in [4.78, 5) is 88.4. The zero-order valence-electron chi connectivity index (χ0n) is 89.3. The lowest BCUT2D eigenvalue weighted by molar-refractivity contribution is -0.141.